The summed E-state index contributed by atoms with van der Waals surface area (Å²) >= 11 is 1.62. The minimum absolute atomic E-state index is 0.136. The van der Waals surface area contributed by atoms with E-state index in [1.54, 1.807) is 24.9 Å². The average molecular weight is 371 g/mol. The van der Waals surface area contributed by atoms with Crippen LogP contribution in [0.3, 0.4) is 0 Å². The molecule has 7 heteroatoms. The Morgan fingerprint density at radius 2 is 2.04 bits per heavy atom. The quantitative estimate of drug-likeness (QED) is 0.790. The van der Waals surface area contributed by atoms with Crippen LogP contribution >= 0.6 is 11.8 Å². The fraction of sp³-hybridized carbons (Fsp3) is 0.263. The van der Waals surface area contributed by atoms with Crippen LogP contribution in [-0.4, -0.2) is 44.3 Å². The Labute approximate surface area is 156 Å². The Bertz CT molecular complexity index is 812. The van der Waals surface area contributed by atoms with Crippen molar-refractivity contribution in [2.45, 2.75) is 11.0 Å². The maximum Gasteiger partial charge on any atom is 0.262 e. The molecule has 1 aliphatic heterocycles. The van der Waals surface area contributed by atoms with E-state index in [0.717, 1.165) is 16.3 Å². The van der Waals surface area contributed by atoms with Gasteiger partial charge in [-0.15, -0.1) is 11.8 Å². The molecular weight excluding hydrogens is 350 g/mol. The van der Waals surface area contributed by atoms with E-state index in [0.29, 0.717) is 12.3 Å². The van der Waals surface area contributed by atoms with Crippen LogP contribution in [0.5, 0.6) is 5.75 Å². The van der Waals surface area contributed by atoms with Gasteiger partial charge in [0, 0.05) is 17.6 Å². The standard InChI is InChI=1S/C19H21N3O3S/c1-20-19(24)17-11-22(15-8-3-4-9-16(15)25-17)12-18(23)21-13-6-5-7-14(10-13)26-2/h3-10,17H,11-12H2,1-2H3,(H,20,24)(H,21,23)/t17-/m0/s1. The van der Waals surface area contributed by atoms with Crippen molar-refractivity contribution in [2.75, 3.05) is 36.6 Å². The van der Waals surface area contributed by atoms with Crippen molar-refractivity contribution in [3.63, 3.8) is 0 Å². The second kappa shape index (κ2) is 8.14. The van der Waals surface area contributed by atoms with E-state index in [-0.39, 0.29) is 18.4 Å². The Kier molecular flexibility index (Phi) is 5.68. The molecule has 1 heterocycles. The number of carbonyl (C=O) groups is 2. The van der Waals surface area contributed by atoms with Crippen LogP contribution in [0.1, 0.15) is 0 Å². The van der Waals surface area contributed by atoms with Gasteiger partial charge in [-0.25, -0.2) is 0 Å². The second-order valence-corrected chi connectivity index (χ2v) is 6.73. The normalized spacial score (nSPS) is 15.6. The van der Waals surface area contributed by atoms with Crippen LogP contribution in [0.25, 0.3) is 0 Å². The first-order valence-corrected chi connectivity index (χ1v) is 9.49. The lowest BCUT2D eigenvalue weighted by Gasteiger charge is -2.35. The molecule has 1 aliphatic rings. The topological polar surface area (TPSA) is 70.7 Å². The number of anilines is 2. The monoisotopic (exact) mass is 371 g/mol. The highest BCUT2D eigenvalue weighted by Gasteiger charge is 2.30. The molecule has 0 fully saturated rings. The van der Waals surface area contributed by atoms with Crippen molar-refractivity contribution in [2.24, 2.45) is 0 Å². The number of amides is 2. The van der Waals surface area contributed by atoms with Gasteiger partial charge < -0.3 is 20.3 Å². The molecule has 0 aliphatic carbocycles. The lowest BCUT2D eigenvalue weighted by molar-refractivity contribution is -0.127. The molecule has 26 heavy (non-hydrogen) atoms. The third kappa shape index (κ3) is 4.11. The van der Waals surface area contributed by atoms with Crippen molar-refractivity contribution in [1.82, 2.24) is 5.32 Å². The Morgan fingerprint density at radius 1 is 1.23 bits per heavy atom. The number of hydrogen-bond donors (Lipinski definition) is 2. The number of nitrogens with one attached hydrogen (secondary N) is 2. The summed E-state index contributed by atoms with van der Waals surface area (Å²) in [6.45, 7) is 0.451. The summed E-state index contributed by atoms with van der Waals surface area (Å²) in [5.74, 6) is 0.248. The van der Waals surface area contributed by atoms with E-state index in [1.807, 2.05) is 53.6 Å². The number of likely N-dealkylation sites (N-methyl/N-ethyl adjacent to an activating group) is 1. The molecule has 2 aromatic rings. The SMILES string of the molecule is CNC(=O)[C@@H]1CN(CC(=O)Nc2cccc(SC)c2)c2ccccc2O1. The molecule has 0 bridgehead atoms. The lowest BCUT2D eigenvalue weighted by atomic mass is 10.1. The van der Waals surface area contributed by atoms with Crippen LogP contribution in [0.2, 0.25) is 0 Å². The van der Waals surface area contributed by atoms with Crippen molar-refractivity contribution in [3.05, 3.63) is 48.5 Å². The van der Waals surface area contributed by atoms with E-state index >= 15 is 0 Å². The van der Waals surface area contributed by atoms with Gasteiger partial charge in [-0.1, -0.05) is 18.2 Å². The fourth-order valence-corrected chi connectivity index (χ4v) is 3.29. The van der Waals surface area contributed by atoms with Gasteiger partial charge in [0.25, 0.3) is 5.91 Å². The van der Waals surface area contributed by atoms with Crippen LogP contribution in [-0.2, 0) is 9.59 Å². The van der Waals surface area contributed by atoms with Gasteiger partial charge in [0.15, 0.2) is 6.10 Å². The zero-order valence-corrected chi connectivity index (χ0v) is 15.5. The molecule has 1 atom stereocenters. The summed E-state index contributed by atoms with van der Waals surface area (Å²) in [6.07, 6.45) is 1.34. The number of fused-ring (bicyclic) bond motifs is 1. The maximum atomic E-state index is 12.5. The second-order valence-electron chi connectivity index (χ2n) is 5.85. The molecule has 2 aromatic carbocycles. The molecule has 0 aromatic heterocycles. The van der Waals surface area contributed by atoms with Gasteiger partial charge in [0.05, 0.1) is 18.8 Å². The number of ether oxygens (including phenoxy) is 1. The molecule has 0 radical (unpaired) electrons. The summed E-state index contributed by atoms with van der Waals surface area (Å²) < 4.78 is 5.76. The molecule has 136 valence electrons. The number of thioether (sulfide) groups is 1. The Morgan fingerprint density at radius 3 is 2.81 bits per heavy atom. The minimum Gasteiger partial charge on any atom is -0.477 e. The first kappa shape index (κ1) is 18.1. The van der Waals surface area contributed by atoms with Gasteiger partial charge in [-0.05, 0) is 36.6 Å². The Hall–Kier alpha value is -2.67. The highest BCUT2D eigenvalue weighted by molar-refractivity contribution is 7.98. The largest absolute Gasteiger partial charge is 0.477 e. The van der Waals surface area contributed by atoms with Crippen molar-refractivity contribution < 1.29 is 14.3 Å². The highest BCUT2D eigenvalue weighted by Crippen LogP contribution is 2.33. The molecule has 2 amide bonds. The van der Waals surface area contributed by atoms with E-state index in [9.17, 15) is 9.59 Å². The summed E-state index contributed by atoms with van der Waals surface area (Å²) in [6, 6.07) is 15.1. The number of para-hydroxylation sites is 2. The van der Waals surface area contributed by atoms with Gasteiger partial charge in [-0.2, -0.15) is 0 Å². The predicted octanol–water partition coefficient (Wildman–Crippen LogP) is 2.36. The zero-order chi connectivity index (χ0) is 18.5. The zero-order valence-electron chi connectivity index (χ0n) is 14.7. The average Bonchev–Trinajstić information content (AvgIpc) is 2.67. The fourth-order valence-electron chi connectivity index (χ4n) is 2.83. The molecule has 0 spiro atoms. The van der Waals surface area contributed by atoms with E-state index in [4.69, 9.17) is 4.74 Å². The van der Waals surface area contributed by atoms with Crippen molar-refractivity contribution in [3.8, 4) is 5.75 Å². The minimum atomic E-state index is -0.650. The van der Waals surface area contributed by atoms with Crippen LogP contribution in [0, 0.1) is 0 Å². The summed E-state index contributed by atoms with van der Waals surface area (Å²) in [5.41, 5.74) is 1.56. The van der Waals surface area contributed by atoms with Gasteiger partial charge in [0.1, 0.15) is 5.75 Å². The smallest absolute Gasteiger partial charge is 0.262 e. The third-order valence-electron chi connectivity index (χ3n) is 4.09. The molecule has 0 unspecified atom stereocenters. The predicted molar refractivity (Wildman–Crippen MR) is 104 cm³/mol. The molecule has 6 nitrogen and oxygen atoms in total. The highest BCUT2D eigenvalue weighted by atomic mass is 32.2. The van der Waals surface area contributed by atoms with Crippen molar-refractivity contribution >= 4 is 35.0 Å². The lowest BCUT2D eigenvalue weighted by Crippen LogP contribution is -2.50. The van der Waals surface area contributed by atoms with Crippen LogP contribution in [0.4, 0.5) is 11.4 Å². The summed E-state index contributed by atoms with van der Waals surface area (Å²) in [7, 11) is 1.57. The van der Waals surface area contributed by atoms with E-state index in [2.05, 4.69) is 10.6 Å². The van der Waals surface area contributed by atoms with Crippen LogP contribution in [0.15, 0.2) is 53.4 Å². The summed E-state index contributed by atoms with van der Waals surface area (Å²) in [4.78, 5) is 27.5. The van der Waals surface area contributed by atoms with Crippen molar-refractivity contribution in [1.29, 1.82) is 0 Å². The molecule has 0 saturated carbocycles. The number of nitrogens with zero attached hydrogens (tertiary/aromatic N) is 1. The van der Waals surface area contributed by atoms with Gasteiger partial charge in [0.2, 0.25) is 5.91 Å². The first-order valence-electron chi connectivity index (χ1n) is 8.27. The number of benzene rings is 2. The summed E-state index contributed by atoms with van der Waals surface area (Å²) in [5, 5.41) is 5.52. The van der Waals surface area contributed by atoms with Gasteiger partial charge in [-0.3, -0.25) is 9.59 Å². The molecule has 2 N–H and O–H groups in total. The Balaban J connectivity index is 1.74. The van der Waals surface area contributed by atoms with E-state index in [1.165, 1.54) is 0 Å². The maximum absolute atomic E-state index is 12.5. The molecule has 0 saturated heterocycles. The van der Waals surface area contributed by atoms with Gasteiger partial charge >= 0.3 is 0 Å². The third-order valence-corrected chi connectivity index (χ3v) is 4.81. The van der Waals surface area contributed by atoms with E-state index < -0.39 is 6.10 Å². The number of hydrogen-bond acceptors (Lipinski definition) is 5. The molecule has 3 rings (SSSR count). The number of carbonyl (C=O) groups excluding carboxylic acids is 2. The van der Waals surface area contributed by atoms with Crippen LogP contribution < -0.4 is 20.3 Å². The molecular formula is C19H21N3O3S. The number of rotatable bonds is 5. The first-order chi connectivity index (χ1) is 12.6.